The molecular formula is C26H39NO3. The smallest absolute Gasteiger partial charge is 0.226 e. The van der Waals surface area contributed by atoms with Gasteiger partial charge in [-0.25, -0.2) is 0 Å². The first-order chi connectivity index (χ1) is 13.8. The Morgan fingerprint density at radius 3 is 2.10 bits per heavy atom. The molecule has 0 amide bonds. The SMILES string of the molecule is CCCCC1(NC(C)(C)CC(C)(C)C)C(=O)C(OC(C)C)=C(c2ccccc2)C1=O. The van der Waals surface area contributed by atoms with Gasteiger partial charge in [-0.05, 0) is 51.5 Å². The van der Waals surface area contributed by atoms with Crippen LogP contribution in [-0.2, 0) is 14.3 Å². The van der Waals surface area contributed by atoms with Crippen molar-refractivity contribution in [2.24, 2.45) is 5.41 Å². The van der Waals surface area contributed by atoms with Gasteiger partial charge in [-0.1, -0.05) is 70.9 Å². The maximum Gasteiger partial charge on any atom is 0.226 e. The number of benzene rings is 1. The maximum absolute atomic E-state index is 14.0. The van der Waals surface area contributed by atoms with Gasteiger partial charge in [0.05, 0.1) is 11.7 Å². The van der Waals surface area contributed by atoms with E-state index in [0.29, 0.717) is 12.0 Å². The third-order valence-corrected chi connectivity index (χ3v) is 5.28. The fourth-order valence-electron chi connectivity index (χ4n) is 4.73. The van der Waals surface area contributed by atoms with Crippen molar-refractivity contribution in [3.63, 3.8) is 0 Å². The number of carbonyl (C=O) groups is 2. The highest BCUT2D eigenvalue weighted by atomic mass is 16.5. The molecule has 0 aliphatic heterocycles. The lowest BCUT2D eigenvalue weighted by Gasteiger charge is -2.41. The molecule has 4 heteroatoms. The van der Waals surface area contributed by atoms with Gasteiger partial charge >= 0.3 is 0 Å². The standard InChI is InChI=1S/C26H39NO3/c1-9-10-16-26(27-25(7,8)17-24(4,5)6)22(28)20(19-14-12-11-13-15-19)21(23(26)29)30-18(2)3/h11-15,18,27H,9-10,16-17H2,1-8H3. The molecule has 4 nitrogen and oxygen atoms in total. The number of hydrogen-bond donors (Lipinski definition) is 1. The Hall–Kier alpha value is -1.94. The van der Waals surface area contributed by atoms with Crippen LogP contribution in [0.4, 0.5) is 0 Å². The average molecular weight is 414 g/mol. The van der Waals surface area contributed by atoms with Crippen LogP contribution in [-0.4, -0.2) is 28.7 Å². The summed E-state index contributed by atoms with van der Waals surface area (Å²) < 4.78 is 5.98. The van der Waals surface area contributed by atoms with E-state index in [1.165, 1.54) is 0 Å². The second-order valence-electron chi connectivity index (χ2n) is 10.7. The summed E-state index contributed by atoms with van der Waals surface area (Å²) in [6.07, 6.45) is 2.80. The summed E-state index contributed by atoms with van der Waals surface area (Å²) in [7, 11) is 0. The van der Waals surface area contributed by atoms with E-state index in [1.807, 2.05) is 44.2 Å². The van der Waals surface area contributed by atoms with Gasteiger partial charge in [0.15, 0.2) is 11.5 Å². The molecule has 1 atom stereocenters. The van der Waals surface area contributed by atoms with Gasteiger partial charge in [0.2, 0.25) is 5.78 Å². The lowest BCUT2D eigenvalue weighted by Crippen LogP contribution is -2.63. The van der Waals surface area contributed by atoms with E-state index < -0.39 is 11.1 Å². The van der Waals surface area contributed by atoms with Crippen molar-refractivity contribution in [1.29, 1.82) is 0 Å². The molecule has 1 N–H and O–H groups in total. The summed E-state index contributed by atoms with van der Waals surface area (Å²) in [5.41, 5.74) is -0.475. The minimum Gasteiger partial charge on any atom is -0.486 e. The van der Waals surface area contributed by atoms with E-state index in [2.05, 4.69) is 46.9 Å². The van der Waals surface area contributed by atoms with Gasteiger partial charge in [-0.2, -0.15) is 0 Å². The van der Waals surface area contributed by atoms with Crippen molar-refractivity contribution in [2.45, 2.75) is 98.3 Å². The Kier molecular flexibility index (Phi) is 7.34. The van der Waals surface area contributed by atoms with Crippen molar-refractivity contribution in [3.05, 3.63) is 41.7 Å². The molecule has 1 aromatic carbocycles. The summed E-state index contributed by atoms with van der Waals surface area (Å²) >= 11 is 0. The monoisotopic (exact) mass is 413 g/mol. The molecule has 1 aromatic rings. The molecule has 166 valence electrons. The number of carbonyl (C=O) groups excluding carboxylic acids is 2. The maximum atomic E-state index is 14.0. The van der Waals surface area contributed by atoms with Crippen molar-refractivity contribution < 1.29 is 14.3 Å². The number of rotatable bonds is 9. The first kappa shape index (κ1) is 24.3. The fourth-order valence-corrected chi connectivity index (χ4v) is 4.73. The summed E-state index contributed by atoms with van der Waals surface area (Å²) in [5.74, 6) is -0.184. The van der Waals surface area contributed by atoms with Gasteiger partial charge < -0.3 is 4.74 Å². The molecule has 0 saturated heterocycles. The number of hydrogen-bond acceptors (Lipinski definition) is 4. The lowest BCUT2D eigenvalue weighted by molar-refractivity contribution is -0.133. The van der Waals surface area contributed by atoms with Crippen LogP contribution in [0.25, 0.3) is 5.57 Å². The zero-order chi connectivity index (χ0) is 22.7. The summed E-state index contributed by atoms with van der Waals surface area (Å²) in [4.78, 5) is 27.8. The Bertz CT molecular complexity index is 799. The van der Waals surface area contributed by atoms with Crippen LogP contribution in [0.3, 0.4) is 0 Å². The largest absolute Gasteiger partial charge is 0.486 e. The number of Topliss-reactive ketones (excluding diaryl/α,β-unsaturated/α-hetero) is 2. The molecule has 2 rings (SSSR count). The average Bonchev–Trinajstić information content (AvgIpc) is 2.79. The normalized spacial score (nSPS) is 20.4. The number of ether oxygens (including phenoxy) is 1. The first-order valence-corrected chi connectivity index (χ1v) is 11.2. The molecule has 0 spiro atoms. The third-order valence-electron chi connectivity index (χ3n) is 5.28. The Morgan fingerprint density at radius 2 is 1.60 bits per heavy atom. The summed E-state index contributed by atoms with van der Waals surface area (Å²) in [6, 6.07) is 9.43. The zero-order valence-electron chi connectivity index (χ0n) is 20.0. The van der Waals surface area contributed by atoms with Gasteiger partial charge in [-0.3, -0.25) is 14.9 Å². The van der Waals surface area contributed by atoms with Crippen LogP contribution in [0, 0.1) is 5.41 Å². The Morgan fingerprint density at radius 1 is 1.00 bits per heavy atom. The predicted molar refractivity (Wildman–Crippen MR) is 123 cm³/mol. The number of unbranched alkanes of at least 4 members (excludes halogenated alkanes) is 1. The van der Waals surface area contributed by atoms with Crippen LogP contribution >= 0.6 is 0 Å². The quantitative estimate of drug-likeness (QED) is 0.527. The van der Waals surface area contributed by atoms with E-state index in [4.69, 9.17) is 4.74 Å². The predicted octanol–water partition coefficient (Wildman–Crippen LogP) is 5.71. The minimum atomic E-state index is -1.28. The van der Waals surface area contributed by atoms with Crippen LogP contribution < -0.4 is 5.32 Å². The molecular weight excluding hydrogens is 374 g/mol. The van der Waals surface area contributed by atoms with Crippen molar-refractivity contribution in [2.75, 3.05) is 0 Å². The second kappa shape index (κ2) is 9.05. The minimum absolute atomic E-state index is 0.0557. The molecule has 1 unspecified atom stereocenters. The van der Waals surface area contributed by atoms with E-state index in [-0.39, 0.29) is 28.8 Å². The summed E-state index contributed by atoms with van der Waals surface area (Å²) in [5, 5.41) is 3.54. The van der Waals surface area contributed by atoms with E-state index in [9.17, 15) is 9.59 Å². The third kappa shape index (κ3) is 5.40. The first-order valence-electron chi connectivity index (χ1n) is 11.2. The second-order valence-corrected chi connectivity index (χ2v) is 10.7. The molecule has 1 aliphatic rings. The van der Waals surface area contributed by atoms with Crippen LogP contribution in [0.5, 0.6) is 0 Å². The number of nitrogens with one attached hydrogen (secondary N) is 1. The highest BCUT2D eigenvalue weighted by molar-refractivity contribution is 6.44. The highest BCUT2D eigenvalue weighted by Gasteiger charge is 2.57. The molecule has 0 aromatic heterocycles. The lowest BCUT2D eigenvalue weighted by atomic mass is 9.77. The molecule has 0 radical (unpaired) electrons. The van der Waals surface area contributed by atoms with E-state index >= 15 is 0 Å². The van der Waals surface area contributed by atoms with Crippen molar-refractivity contribution in [1.82, 2.24) is 5.32 Å². The van der Waals surface area contributed by atoms with Crippen molar-refractivity contribution in [3.8, 4) is 0 Å². The van der Waals surface area contributed by atoms with Crippen molar-refractivity contribution >= 4 is 17.1 Å². The zero-order valence-corrected chi connectivity index (χ0v) is 20.0. The van der Waals surface area contributed by atoms with Gasteiger partial charge in [-0.15, -0.1) is 0 Å². The van der Waals surface area contributed by atoms with E-state index in [1.54, 1.807) is 0 Å². The molecule has 30 heavy (non-hydrogen) atoms. The van der Waals surface area contributed by atoms with Crippen LogP contribution in [0.1, 0.15) is 86.6 Å². The fraction of sp³-hybridized carbons (Fsp3) is 0.615. The van der Waals surface area contributed by atoms with Gasteiger partial charge in [0, 0.05) is 5.54 Å². The molecule has 0 heterocycles. The van der Waals surface area contributed by atoms with Gasteiger partial charge in [0.25, 0.3) is 0 Å². The van der Waals surface area contributed by atoms with E-state index in [0.717, 1.165) is 24.8 Å². The topological polar surface area (TPSA) is 55.4 Å². The Labute approximate surface area is 182 Å². The van der Waals surface area contributed by atoms with Gasteiger partial charge in [0.1, 0.15) is 5.54 Å². The van der Waals surface area contributed by atoms with Crippen LogP contribution in [0.15, 0.2) is 36.1 Å². The highest BCUT2D eigenvalue weighted by Crippen LogP contribution is 2.41. The molecule has 1 aliphatic carbocycles. The van der Waals surface area contributed by atoms with Crippen LogP contribution in [0.2, 0.25) is 0 Å². The number of ketones is 2. The molecule has 0 fully saturated rings. The summed E-state index contributed by atoms with van der Waals surface area (Å²) in [6.45, 7) is 16.5. The Balaban J connectivity index is 2.59. The molecule has 0 saturated carbocycles. The molecule has 0 bridgehead atoms.